The van der Waals surface area contributed by atoms with Crippen molar-refractivity contribution in [3.05, 3.63) is 28.7 Å². The van der Waals surface area contributed by atoms with Crippen molar-refractivity contribution in [1.29, 1.82) is 0 Å². The fourth-order valence-corrected chi connectivity index (χ4v) is 3.33. The van der Waals surface area contributed by atoms with Gasteiger partial charge >= 0.3 is 5.97 Å². The third kappa shape index (κ3) is 4.69. The first-order valence-corrected chi connectivity index (χ1v) is 9.45. The molecule has 27 heavy (non-hydrogen) atoms. The van der Waals surface area contributed by atoms with Crippen LogP contribution in [0.2, 0.25) is 0 Å². The molecule has 8 nitrogen and oxygen atoms in total. The second-order valence-electron chi connectivity index (χ2n) is 7.31. The van der Waals surface area contributed by atoms with E-state index in [1.165, 1.54) is 0 Å². The third-order valence-electron chi connectivity index (χ3n) is 5.18. The van der Waals surface area contributed by atoms with Crippen LogP contribution in [0.1, 0.15) is 54.5 Å². The molecule has 2 rings (SSSR count). The van der Waals surface area contributed by atoms with Gasteiger partial charge in [0.1, 0.15) is 11.8 Å². The molecule has 1 unspecified atom stereocenters. The summed E-state index contributed by atoms with van der Waals surface area (Å²) in [6, 6.07) is 0. The first-order valence-electron chi connectivity index (χ1n) is 9.45. The summed E-state index contributed by atoms with van der Waals surface area (Å²) in [5.41, 5.74) is 2.44. The Bertz CT molecular complexity index is 692. The van der Waals surface area contributed by atoms with Gasteiger partial charge in [-0.2, -0.15) is 5.10 Å². The molecule has 0 radical (unpaired) electrons. The number of hydrogen-bond donors (Lipinski definition) is 3. The van der Waals surface area contributed by atoms with Crippen molar-refractivity contribution in [2.75, 3.05) is 34.8 Å². The summed E-state index contributed by atoms with van der Waals surface area (Å²) in [4.78, 5) is 14.5. The average molecular weight is 380 g/mol. The molecule has 0 aliphatic heterocycles. The number of aliphatic hydroxyl groups excluding tert-OH is 1. The van der Waals surface area contributed by atoms with Crippen LogP contribution in [0, 0.1) is 0 Å². The number of hydrogen-bond acceptors (Lipinski definition) is 7. The van der Waals surface area contributed by atoms with Gasteiger partial charge in [0.25, 0.3) is 0 Å². The van der Waals surface area contributed by atoms with Crippen molar-refractivity contribution in [2.45, 2.75) is 51.4 Å². The standard InChI is InChI=1S/C19H33N5O3/c1-7-27-18(26)16-14-9-8-13(12-23(5)6)17(25)15(14)22-24(16)11-10-19(2,20-3)21-4/h12,17,20-21,25H,7-11H2,1-6H3. The number of nitrogens with zero attached hydrogens (tertiary/aromatic N) is 3. The number of carbonyl (C=O) groups is 1. The van der Waals surface area contributed by atoms with E-state index in [2.05, 4.69) is 15.7 Å². The van der Waals surface area contributed by atoms with Crippen LogP contribution in [0.25, 0.3) is 0 Å². The van der Waals surface area contributed by atoms with E-state index in [1.54, 1.807) is 11.6 Å². The second kappa shape index (κ2) is 8.86. The molecule has 1 aliphatic carbocycles. The van der Waals surface area contributed by atoms with E-state index >= 15 is 0 Å². The highest BCUT2D eigenvalue weighted by Gasteiger charge is 2.33. The van der Waals surface area contributed by atoms with Crippen LogP contribution in [0.5, 0.6) is 0 Å². The van der Waals surface area contributed by atoms with Crippen LogP contribution in [-0.4, -0.2) is 66.2 Å². The SMILES string of the molecule is CCOC(=O)c1c2c(nn1CCC(C)(NC)NC)C(O)C(=CN(C)C)CC2. The molecule has 0 saturated carbocycles. The number of aromatic nitrogens is 2. The second-order valence-corrected chi connectivity index (χ2v) is 7.31. The number of fused-ring (bicyclic) bond motifs is 1. The summed E-state index contributed by atoms with van der Waals surface area (Å²) < 4.78 is 6.96. The predicted octanol–water partition coefficient (Wildman–Crippen LogP) is 1.03. The number of ether oxygens (including phenoxy) is 1. The molecule has 8 heteroatoms. The molecule has 1 aromatic rings. The molecule has 1 aromatic heterocycles. The van der Waals surface area contributed by atoms with Gasteiger partial charge in [0.05, 0.1) is 18.0 Å². The number of esters is 1. The molecule has 152 valence electrons. The molecule has 1 atom stereocenters. The summed E-state index contributed by atoms with van der Waals surface area (Å²) in [6.07, 6.45) is 3.19. The van der Waals surface area contributed by atoms with Crippen molar-refractivity contribution in [2.24, 2.45) is 0 Å². The van der Waals surface area contributed by atoms with Crippen LogP contribution >= 0.6 is 0 Å². The van der Waals surface area contributed by atoms with Gasteiger partial charge in [-0.1, -0.05) is 0 Å². The molecule has 0 amide bonds. The minimum absolute atomic E-state index is 0.285. The van der Waals surface area contributed by atoms with Crippen LogP contribution in [0.4, 0.5) is 0 Å². The quantitative estimate of drug-likeness (QED) is 0.459. The van der Waals surface area contributed by atoms with Gasteiger partial charge in [0.2, 0.25) is 0 Å². The lowest BCUT2D eigenvalue weighted by Gasteiger charge is -2.29. The summed E-state index contributed by atoms with van der Waals surface area (Å²) in [5.74, 6) is -0.380. The lowest BCUT2D eigenvalue weighted by atomic mass is 9.89. The Morgan fingerprint density at radius 3 is 2.63 bits per heavy atom. The van der Waals surface area contributed by atoms with Crippen LogP contribution < -0.4 is 10.6 Å². The fraction of sp³-hybridized carbons (Fsp3) is 0.684. The number of rotatable bonds is 8. The first-order chi connectivity index (χ1) is 12.8. The largest absolute Gasteiger partial charge is 0.461 e. The van der Waals surface area contributed by atoms with Gasteiger partial charge in [-0.15, -0.1) is 0 Å². The van der Waals surface area contributed by atoms with Gasteiger partial charge < -0.3 is 25.4 Å². The molecule has 1 heterocycles. The van der Waals surface area contributed by atoms with Gasteiger partial charge in [0, 0.05) is 32.4 Å². The van der Waals surface area contributed by atoms with E-state index in [0.29, 0.717) is 43.8 Å². The topological polar surface area (TPSA) is 91.6 Å². The lowest BCUT2D eigenvalue weighted by molar-refractivity contribution is 0.0509. The molecule has 0 fully saturated rings. The van der Waals surface area contributed by atoms with Crippen LogP contribution in [-0.2, 0) is 17.7 Å². The predicted molar refractivity (Wildman–Crippen MR) is 104 cm³/mol. The summed E-state index contributed by atoms with van der Waals surface area (Å²) >= 11 is 0. The molecule has 0 aromatic carbocycles. The van der Waals surface area contributed by atoms with E-state index in [9.17, 15) is 9.90 Å². The fourth-order valence-electron chi connectivity index (χ4n) is 3.33. The van der Waals surface area contributed by atoms with Crippen molar-refractivity contribution >= 4 is 5.97 Å². The van der Waals surface area contributed by atoms with E-state index < -0.39 is 6.10 Å². The van der Waals surface area contributed by atoms with Crippen LogP contribution in [0.15, 0.2) is 11.8 Å². The zero-order valence-corrected chi connectivity index (χ0v) is 17.3. The van der Waals surface area contributed by atoms with Crippen molar-refractivity contribution < 1.29 is 14.6 Å². The zero-order valence-electron chi connectivity index (χ0n) is 17.3. The summed E-state index contributed by atoms with van der Waals surface area (Å²) in [7, 11) is 7.63. The Balaban J connectivity index is 2.41. The van der Waals surface area contributed by atoms with Crippen molar-refractivity contribution in [3.63, 3.8) is 0 Å². The van der Waals surface area contributed by atoms with Gasteiger partial charge in [-0.3, -0.25) is 4.68 Å². The smallest absolute Gasteiger partial charge is 0.356 e. The molecular formula is C19H33N5O3. The Kier molecular flexibility index (Phi) is 7.02. The van der Waals surface area contributed by atoms with Gasteiger partial charge in [-0.25, -0.2) is 4.79 Å². The highest BCUT2D eigenvalue weighted by molar-refractivity contribution is 5.89. The summed E-state index contributed by atoms with van der Waals surface area (Å²) in [5, 5.41) is 21.9. The minimum atomic E-state index is -0.800. The van der Waals surface area contributed by atoms with E-state index in [4.69, 9.17) is 4.74 Å². The molecule has 1 aliphatic rings. The third-order valence-corrected chi connectivity index (χ3v) is 5.18. The molecule has 0 bridgehead atoms. The molecule has 0 saturated heterocycles. The van der Waals surface area contributed by atoms with Crippen molar-refractivity contribution in [3.8, 4) is 0 Å². The number of carbonyl (C=O) groups excluding carboxylic acids is 1. The number of aryl methyl sites for hydroxylation is 1. The number of nitrogens with one attached hydrogen (secondary N) is 2. The van der Waals surface area contributed by atoms with E-state index in [1.807, 2.05) is 46.2 Å². The van der Waals surface area contributed by atoms with E-state index in [0.717, 1.165) is 11.1 Å². The van der Waals surface area contributed by atoms with Gasteiger partial charge in [0.15, 0.2) is 0 Å². The summed E-state index contributed by atoms with van der Waals surface area (Å²) in [6.45, 7) is 4.67. The maximum absolute atomic E-state index is 12.6. The lowest BCUT2D eigenvalue weighted by Crippen LogP contribution is -2.51. The highest BCUT2D eigenvalue weighted by Crippen LogP contribution is 2.35. The average Bonchev–Trinajstić information content (AvgIpc) is 3.01. The first kappa shape index (κ1) is 21.4. The molecule has 3 N–H and O–H groups in total. The number of aliphatic hydroxyl groups is 1. The molecule has 0 spiro atoms. The maximum Gasteiger partial charge on any atom is 0.356 e. The molecular weight excluding hydrogens is 346 g/mol. The van der Waals surface area contributed by atoms with Gasteiger partial charge in [-0.05, 0) is 52.8 Å². The zero-order chi connectivity index (χ0) is 20.2. The normalized spacial score (nSPS) is 18.5. The minimum Gasteiger partial charge on any atom is -0.461 e. The monoisotopic (exact) mass is 379 g/mol. The van der Waals surface area contributed by atoms with Crippen LogP contribution in [0.3, 0.4) is 0 Å². The Morgan fingerprint density at radius 1 is 1.41 bits per heavy atom. The Hall–Kier alpha value is -1.90. The maximum atomic E-state index is 12.6. The van der Waals surface area contributed by atoms with E-state index in [-0.39, 0.29) is 11.6 Å². The Morgan fingerprint density at radius 2 is 2.07 bits per heavy atom. The highest BCUT2D eigenvalue weighted by atomic mass is 16.5. The van der Waals surface area contributed by atoms with Crippen molar-refractivity contribution in [1.82, 2.24) is 25.3 Å². The Labute approximate surface area is 161 Å².